The summed E-state index contributed by atoms with van der Waals surface area (Å²) >= 11 is 7.47. The third-order valence-corrected chi connectivity index (χ3v) is 4.44. The molecule has 0 fully saturated rings. The molecule has 0 radical (unpaired) electrons. The van der Waals surface area contributed by atoms with Crippen molar-refractivity contribution < 1.29 is 9.59 Å². The van der Waals surface area contributed by atoms with Crippen LogP contribution in [-0.2, 0) is 11.3 Å². The van der Waals surface area contributed by atoms with E-state index in [9.17, 15) is 9.59 Å². The Morgan fingerprint density at radius 2 is 1.90 bits per heavy atom. The van der Waals surface area contributed by atoms with E-state index in [-0.39, 0.29) is 24.5 Å². The molecule has 0 saturated heterocycles. The SMILES string of the molecule is Cc1ccc(C(=O)CCC(=O)NCc2ccccc2Cl)s1. The Kier molecular flexibility index (Phi) is 5.53. The first-order chi connectivity index (χ1) is 10.1. The summed E-state index contributed by atoms with van der Waals surface area (Å²) in [5, 5.41) is 3.41. The van der Waals surface area contributed by atoms with Crippen LogP contribution in [0, 0.1) is 6.92 Å². The van der Waals surface area contributed by atoms with Gasteiger partial charge in [0.25, 0.3) is 0 Å². The zero-order valence-electron chi connectivity index (χ0n) is 11.7. The first-order valence-electron chi connectivity index (χ1n) is 6.66. The van der Waals surface area contributed by atoms with E-state index in [4.69, 9.17) is 11.6 Å². The largest absolute Gasteiger partial charge is 0.352 e. The van der Waals surface area contributed by atoms with Crippen LogP contribution in [0.5, 0.6) is 0 Å². The number of hydrogen-bond donors (Lipinski definition) is 1. The van der Waals surface area contributed by atoms with Crippen LogP contribution in [0.1, 0.15) is 33.0 Å². The Bertz CT molecular complexity index is 651. The Morgan fingerprint density at radius 1 is 1.14 bits per heavy atom. The van der Waals surface area contributed by atoms with Crippen LogP contribution in [0.2, 0.25) is 5.02 Å². The fourth-order valence-corrected chi connectivity index (χ4v) is 2.90. The fraction of sp³-hybridized carbons (Fsp3) is 0.250. The quantitative estimate of drug-likeness (QED) is 0.818. The van der Waals surface area contributed by atoms with Gasteiger partial charge in [0.05, 0.1) is 4.88 Å². The average molecular weight is 322 g/mol. The van der Waals surface area contributed by atoms with Crippen LogP contribution in [0.15, 0.2) is 36.4 Å². The van der Waals surface area contributed by atoms with Crippen molar-refractivity contribution in [3.8, 4) is 0 Å². The fourth-order valence-electron chi connectivity index (χ4n) is 1.86. The molecule has 0 aliphatic heterocycles. The van der Waals surface area contributed by atoms with Gasteiger partial charge in [-0.3, -0.25) is 9.59 Å². The van der Waals surface area contributed by atoms with Crippen LogP contribution in [0.4, 0.5) is 0 Å². The topological polar surface area (TPSA) is 46.2 Å². The maximum Gasteiger partial charge on any atom is 0.220 e. The number of nitrogens with one attached hydrogen (secondary N) is 1. The lowest BCUT2D eigenvalue weighted by Gasteiger charge is -2.06. The molecule has 0 aliphatic rings. The van der Waals surface area contributed by atoms with E-state index in [2.05, 4.69) is 5.32 Å². The maximum absolute atomic E-state index is 11.9. The van der Waals surface area contributed by atoms with Crippen molar-refractivity contribution in [2.24, 2.45) is 0 Å². The van der Waals surface area contributed by atoms with Gasteiger partial charge in [0.2, 0.25) is 5.91 Å². The minimum Gasteiger partial charge on any atom is -0.352 e. The summed E-state index contributed by atoms with van der Waals surface area (Å²) in [5.41, 5.74) is 0.868. The van der Waals surface area contributed by atoms with Gasteiger partial charge >= 0.3 is 0 Å². The summed E-state index contributed by atoms with van der Waals surface area (Å²) in [4.78, 5) is 25.5. The van der Waals surface area contributed by atoms with Crippen molar-refractivity contribution in [3.05, 3.63) is 56.7 Å². The standard InChI is InChI=1S/C16H16ClNO2S/c1-11-6-8-15(21-11)14(19)7-9-16(20)18-10-12-4-2-3-5-13(12)17/h2-6,8H,7,9-10H2,1H3,(H,18,20). The Hall–Kier alpha value is -1.65. The van der Waals surface area contributed by atoms with Crippen molar-refractivity contribution >= 4 is 34.6 Å². The van der Waals surface area contributed by atoms with Crippen molar-refractivity contribution in [1.82, 2.24) is 5.32 Å². The summed E-state index contributed by atoms with van der Waals surface area (Å²) in [6, 6.07) is 11.1. The Labute approximate surface area is 132 Å². The van der Waals surface area contributed by atoms with Gasteiger partial charge in [0.1, 0.15) is 0 Å². The second-order valence-electron chi connectivity index (χ2n) is 4.70. The van der Waals surface area contributed by atoms with Crippen LogP contribution in [0.25, 0.3) is 0 Å². The van der Waals surface area contributed by atoms with Gasteiger partial charge in [-0.25, -0.2) is 0 Å². The van der Waals surface area contributed by atoms with E-state index >= 15 is 0 Å². The van der Waals surface area contributed by atoms with E-state index in [1.807, 2.05) is 37.3 Å². The zero-order chi connectivity index (χ0) is 15.2. The lowest BCUT2D eigenvalue weighted by molar-refractivity contribution is -0.121. The van der Waals surface area contributed by atoms with Gasteiger partial charge in [-0.05, 0) is 30.7 Å². The van der Waals surface area contributed by atoms with Crippen LogP contribution < -0.4 is 5.32 Å². The zero-order valence-corrected chi connectivity index (χ0v) is 13.3. The van der Waals surface area contributed by atoms with Crippen LogP contribution in [-0.4, -0.2) is 11.7 Å². The van der Waals surface area contributed by atoms with Crippen LogP contribution in [0.3, 0.4) is 0 Å². The monoisotopic (exact) mass is 321 g/mol. The molecule has 0 spiro atoms. The summed E-state index contributed by atoms with van der Waals surface area (Å²) < 4.78 is 0. The lowest BCUT2D eigenvalue weighted by atomic mass is 10.1. The van der Waals surface area contributed by atoms with Crippen molar-refractivity contribution in [1.29, 1.82) is 0 Å². The third kappa shape index (κ3) is 4.69. The average Bonchev–Trinajstić information content (AvgIpc) is 2.90. The molecule has 1 amide bonds. The first kappa shape index (κ1) is 15.7. The van der Waals surface area contributed by atoms with Gasteiger partial charge in [-0.15, -0.1) is 11.3 Å². The number of thiophene rings is 1. The number of benzene rings is 1. The molecule has 1 heterocycles. The van der Waals surface area contributed by atoms with E-state index in [1.54, 1.807) is 6.07 Å². The molecular weight excluding hydrogens is 306 g/mol. The second-order valence-corrected chi connectivity index (χ2v) is 6.40. The number of halogens is 1. The van der Waals surface area contributed by atoms with Gasteiger partial charge < -0.3 is 5.32 Å². The number of hydrogen-bond acceptors (Lipinski definition) is 3. The molecule has 2 aromatic rings. The third-order valence-electron chi connectivity index (χ3n) is 3.03. The number of aryl methyl sites for hydroxylation is 1. The normalized spacial score (nSPS) is 10.4. The lowest BCUT2D eigenvalue weighted by Crippen LogP contribution is -2.23. The molecule has 0 aliphatic carbocycles. The molecule has 0 saturated carbocycles. The van der Waals surface area contributed by atoms with Crippen molar-refractivity contribution in [2.45, 2.75) is 26.3 Å². The van der Waals surface area contributed by atoms with E-state index in [0.717, 1.165) is 10.4 Å². The second kappa shape index (κ2) is 7.38. The minimum atomic E-state index is -0.142. The van der Waals surface area contributed by atoms with Gasteiger partial charge in [-0.1, -0.05) is 29.8 Å². The number of amides is 1. The summed E-state index contributed by atoms with van der Waals surface area (Å²) in [6.07, 6.45) is 0.425. The minimum absolute atomic E-state index is 0.0148. The molecule has 1 aromatic carbocycles. The van der Waals surface area contributed by atoms with Gasteiger partial charge in [0.15, 0.2) is 5.78 Å². The molecule has 1 N–H and O–H groups in total. The molecule has 1 aromatic heterocycles. The number of ketones is 1. The molecule has 0 bridgehead atoms. The maximum atomic E-state index is 11.9. The van der Waals surface area contributed by atoms with Gasteiger partial charge in [-0.2, -0.15) is 0 Å². The van der Waals surface area contributed by atoms with E-state index in [1.165, 1.54) is 11.3 Å². The summed E-state index contributed by atoms with van der Waals surface area (Å²) in [6.45, 7) is 2.34. The van der Waals surface area contributed by atoms with Crippen molar-refractivity contribution in [2.75, 3.05) is 0 Å². The first-order valence-corrected chi connectivity index (χ1v) is 7.85. The molecule has 0 atom stereocenters. The molecule has 5 heteroatoms. The molecular formula is C16H16ClNO2S. The Morgan fingerprint density at radius 3 is 2.57 bits per heavy atom. The number of carbonyl (C=O) groups excluding carboxylic acids is 2. The highest BCUT2D eigenvalue weighted by Gasteiger charge is 2.11. The van der Waals surface area contributed by atoms with Crippen LogP contribution >= 0.6 is 22.9 Å². The highest BCUT2D eigenvalue weighted by Crippen LogP contribution is 2.17. The molecule has 2 rings (SSSR count). The number of rotatable bonds is 6. The summed E-state index contributed by atoms with van der Waals surface area (Å²) in [7, 11) is 0. The van der Waals surface area contributed by atoms with Gasteiger partial charge in [0, 0.05) is 29.3 Å². The molecule has 0 unspecified atom stereocenters. The predicted molar refractivity (Wildman–Crippen MR) is 85.9 cm³/mol. The highest BCUT2D eigenvalue weighted by molar-refractivity contribution is 7.14. The number of Topliss-reactive ketones (excluding diaryl/α,β-unsaturated/α-hetero) is 1. The number of carbonyl (C=O) groups is 2. The van der Waals surface area contributed by atoms with E-state index in [0.29, 0.717) is 16.4 Å². The molecule has 3 nitrogen and oxygen atoms in total. The van der Waals surface area contributed by atoms with Crippen molar-refractivity contribution in [3.63, 3.8) is 0 Å². The molecule has 110 valence electrons. The molecule has 21 heavy (non-hydrogen) atoms. The van der Waals surface area contributed by atoms with E-state index < -0.39 is 0 Å². The smallest absolute Gasteiger partial charge is 0.220 e. The Balaban J connectivity index is 1.78. The predicted octanol–water partition coefficient (Wildman–Crippen LogP) is 3.99. The summed E-state index contributed by atoms with van der Waals surface area (Å²) in [5.74, 6) is -0.127. The highest BCUT2D eigenvalue weighted by atomic mass is 35.5.